The van der Waals surface area contributed by atoms with E-state index in [2.05, 4.69) is 10.1 Å². The zero-order valence-corrected chi connectivity index (χ0v) is 12.4. The van der Waals surface area contributed by atoms with Crippen LogP contribution in [0.25, 0.3) is 0 Å². The smallest absolute Gasteiger partial charge is 0.310 e. The van der Waals surface area contributed by atoms with E-state index in [9.17, 15) is 9.59 Å². The Morgan fingerprint density at radius 2 is 2.19 bits per heavy atom. The van der Waals surface area contributed by atoms with Crippen LogP contribution in [0.5, 0.6) is 0 Å². The zero-order valence-electron chi connectivity index (χ0n) is 12.4. The molecule has 5 nitrogen and oxygen atoms in total. The first-order valence-electron chi connectivity index (χ1n) is 7.19. The van der Waals surface area contributed by atoms with Crippen molar-refractivity contribution < 1.29 is 19.1 Å². The Morgan fingerprint density at radius 1 is 1.43 bits per heavy atom. The molecule has 1 aliphatic heterocycles. The Kier molecular flexibility index (Phi) is 5.33. The van der Waals surface area contributed by atoms with Gasteiger partial charge in [-0.3, -0.25) is 9.59 Å². The largest absolute Gasteiger partial charge is 0.469 e. The van der Waals surface area contributed by atoms with Gasteiger partial charge in [0.25, 0.3) is 5.91 Å². The van der Waals surface area contributed by atoms with E-state index in [1.165, 1.54) is 7.11 Å². The number of esters is 1. The Balaban J connectivity index is 2.06. The molecule has 0 spiro atoms. The summed E-state index contributed by atoms with van der Waals surface area (Å²) in [6, 6.07) is 7.02. The van der Waals surface area contributed by atoms with E-state index in [1.54, 1.807) is 24.3 Å². The summed E-state index contributed by atoms with van der Waals surface area (Å²) in [6.07, 6.45) is 2.16. The molecule has 1 amide bonds. The molecule has 0 unspecified atom stereocenters. The normalized spacial score (nSPS) is 19.0. The summed E-state index contributed by atoms with van der Waals surface area (Å²) < 4.78 is 10.2. The molecule has 21 heavy (non-hydrogen) atoms. The molecule has 1 aliphatic rings. The van der Waals surface area contributed by atoms with Crippen molar-refractivity contribution in [1.82, 2.24) is 5.32 Å². The lowest BCUT2D eigenvalue weighted by molar-refractivity contribution is -0.139. The van der Waals surface area contributed by atoms with Crippen LogP contribution in [0.4, 0.5) is 0 Å². The molecule has 1 saturated heterocycles. The molecule has 2 rings (SSSR count). The maximum absolute atomic E-state index is 12.4. The Bertz CT molecular complexity index is 509. The molecule has 1 heterocycles. The quantitative estimate of drug-likeness (QED) is 0.839. The standard InChI is InChI=1S/C16H21NO4/c1-11(14-8-5-9-21-14)17-16(19)13-7-4-3-6-12(13)10-15(18)20-2/h3-4,6-7,11,14H,5,8-10H2,1-2H3,(H,17,19)/t11-,14+/m0/s1. The molecule has 2 atom stereocenters. The van der Waals surface area contributed by atoms with E-state index < -0.39 is 0 Å². The lowest BCUT2D eigenvalue weighted by atomic mass is 10.0. The van der Waals surface area contributed by atoms with Crippen LogP contribution in [-0.2, 0) is 20.7 Å². The monoisotopic (exact) mass is 291 g/mol. The Labute approximate surface area is 124 Å². The highest BCUT2D eigenvalue weighted by molar-refractivity contribution is 5.96. The zero-order chi connectivity index (χ0) is 15.2. The summed E-state index contributed by atoms with van der Waals surface area (Å²) in [6.45, 7) is 2.70. The molecule has 114 valence electrons. The minimum Gasteiger partial charge on any atom is -0.469 e. The molecular formula is C16H21NO4. The van der Waals surface area contributed by atoms with Gasteiger partial charge in [0.15, 0.2) is 0 Å². The predicted octanol–water partition coefficient (Wildman–Crippen LogP) is 1.70. The first-order valence-corrected chi connectivity index (χ1v) is 7.19. The first kappa shape index (κ1) is 15.5. The number of carbonyl (C=O) groups is 2. The summed E-state index contributed by atoms with van der Waals surface area (Å²) in [7, 11) is 1.34. The van der Waals surface area contributed by atoms with Crippen LogP contribution < -0.4 is 5.32 Å². The van der Waals surface area contributed by atoms with Crippen LogP contribution in [0, 0.1) is 0 Å². The number of hydrogen-bond donors (Lipinski definition) is 1. The number of ether oxygens (including phenoxy) is 2. The Hall–Kier alpha value is -1.88. The van der Waals surface area contributed by atoms with E-state index in [4.69, 9.17) is 4.74 Å². The van der Waals surface area contributed by atoms with Gasteiger partial charge in [-0.25, -0.2) is 0 Å². The number of nitrogens with one attached hydrogen (secondary N) is 1. The number of methoxy groups -OCH3 is 1. The summed E-state index contributed by atoms with van der Waals surface area (Å²) in [5, 5.41) is 2.95. The van der Waals surface area contributed by atoms with Gasteiger partial charge in [0, 0.05) is 12.2 Å². The van der Waals surface area contributed by atoms with Gasteiger partial charge >= 0.3 is 5.97 Å². The topological polar surface area (TPSA) is 64.6 Å². The third-order valence-corrected chi connectivity index (χ3v) is 3.71. The van der Waals surface area contributed by atoms with Crippen molar-refractivity contribution in [2.75, 3.05) is 13.7 Å². The van der Waals surface area contributed by atoms with Gasteiger partial charge in [0.2, 0.25) is 0 Å². The highest BCUT2D eigenvalue weighted by Crippen LogP contribution is 2.16. The van der Waals surface area contributed by atoms with Crippen molar-refractivity contribution >= 4 is 11.9 Å². The predicted molar refractivity (Wildman–Crippen MR) is 78.1 cm³/mol. The number of hydrogen-bond acceptors (Lipinski definition) is 4. The van der Waals surface area contributed by atoms with E-state index in [-0.39, 0.29) is 30.4 Å². The van der Waals surface area contributed by atoms with Crippen LogP contribution in [0.1, 0.15) is 35.7 Å². The molecule has 1 N–H and O–H groups in total. The highest BCUT2D eigenvalue weighted by Gasteiger charge is 2.24. The fourth-order valence-electron chi connectivity index (χ4n) is 2.50. The van der Waals surface area contributed by atoms with Crippen LogP contribution in [0.3, 0.4) is 0 Å². The van der Waals surface area contributed by atoms with Crippen LogP contribution in [0.15, 0.2) is 24.3 Å². The van der Waals surface area contributed by atoms with Crippen molar-refractivity contribution in [3.05, 3.63) is 35.4 Å². The van der Waals surface area contributed by atoms with Gasteiger partial charge in [0.05, 0.1) is 25.7 Å². The van der Waals surface area contributed by atoms with Gasteiger partial charge in [0.1, 0.15) is 0 Å². The molecule has 1 fully saturated rings. The molecule has 1 aromatic carbocycles. The second-order valence-electron chi connectivity index (χ2n) is 5.22. The number of carbonyl (C=O) groups excluding carboxylic acids is 2. The molecular weight excluding hydrogens is 270 g/mol. The van der Waals surface area contributed by atoms with Crippen LogP contribution in [-0.4, -0.2) is 37.7 Å². The maximum atomic E-state index is 12.4. The van der Waals surface area contributed by atoms with Crippen molar-refractivity contribution in [2.45, 2.75) is 38.3 Å². The van der Waals surface area contributed by atoms with Crippen LogP contribution >= 0.6 is 0 Å². The molecule has 1 aromatic rings. The van der Waals surface area contributed by atoms with Crippen molar-refractivity contribution in [3.63, 3.8) is 0 Å². The van der Waals surface area contributed by atoms with E-state index in [1.807, 2.05) is 6.92 Å². The fraction of sp³-hybridized carbons (Fsp3) is 0.500. The van der Waals surface area contributed by atoms with E-state index >= 15 is 0 Å². The molecule has 0 aliphatic carbocycles. The molecule has 0 radical (unpaired) electrons. The lowest BCUT2D eigenvalue weighted by Gasteiger charge is -2.20. The lowest BCUT2D eigenvalue weighted by Crippen LogP contribution is -2.41. The number of amides is 1. The van der Waals surface area contributed by atoms with Crippen molar-refractivity contribution in [3.8, 4) is 0 Å². The molecule has 0 saturated carbocycles. The van der Waals surface area contributed by atoms with Crippen molar-refractivity contribution in [2.24, 2.45) is 0 Å². The minimum atomic E-state index is -0.359. The molecule has 5 heteroatoms. The second-order valence-corrected chi connectivity index (χ2v) is 5.22. The summed E-state index contributed by atoms with van der Waals surface area (Å²) in [5.41, 5.74) is 1.18. The van der Waals surface area contributed by atoms with Gasteiger partial charge in [-0.2, -0.15) is 0 Å². The third-order valence-electron chi connectivity index (χ3n) is 3.71. The Morgan fingerprint density at radius 3 is 2.86 bits per heavy atom. The summed E-state index contributed by atoms with van der Waals surface area (Å²) >= 11 is 0. The SMILES string of the molecule is COC(=O)Cc1ccccc1C(=O)N[C@@H](C)[C@H]1CCCO1. The first-order chi connectivity index (χ1) is 10.1. The fourth-order valence-corrected chi connectivity index (χ4v) is 2.50. The maximum Gasteiger partial charge on any atom is 0.310 e. The molecule has 0 bridgehead atoms. The van der Waals surface area contributed by atoms with Gasteiger partial charge in [-0.1, -0.05) is 18.2 Å². The van der Waals surface area contributed by atoms with E-state index in [0.29, 0.717) is 11.1 Å². The summed E-state index contributed by atoms with van der Waals surface area (Å²) in [4.78, 5) is 23.8. The second kappa shape index (κ2) is 7.22. The van der Waals surface area contributed by atoms with Gasteiger partial charge < -0.3 is 14.8 Å². The van der Waals surface area contributed by atoms with E-state index in [0.717, 1.165) is 19.4 Å². The molecule has 0 aromatic heterocycles. The van der Waals surface area contributed by atoms with Gasteiger partial charge in [-0.05, 0) is 31.4 Å². The van der Waals surface area contributed by atoms with Crippen molar-refractivity contribution in [1.29, 1.82) is 0 Å². The third kappa shape index (κ3) is 4.04. The highest BCUT2D eigenvalue weighted by atomic mass is 16.5. The average molecular weight is 291 g/mol. The number of rotatable bonds is 5. The van der Waals surface area contributed by atoms with Gasteiger partial charge in [-0.15, -0.1) is 0 Å². The summed E-state index contributed by atoms with van der Waals surface area (Å²) in [5.74, 6) is -0.542. The minimum absolute atomic E-state index is 0.0498. The average Bonchev–Trinajstić information content (AvgIpc) is 3.01. The van der Waals surface area contributed by atoms with Crippen LogP contribution in [0.2, 0.25) is 0 Å². The number of benzene rings is 1.